The number of aromatic nitrogens is 1. The Morgan fingerprint density at radius 3 is 2.67 bits per heavy atom. The fraction of sp³-hybridized carbons (Fsp3) is 0.211. The molecular weight excluding hydrogens is 304 g/mol. The van der Waals surface area contributed by atoms with Crippen molar-refractivity contribution in [3.8, 4) is 11.5 Å². The fourth-order valence-electron chi connectivity index (χ4n) is 2.66. The summed E-state index contributed by atoms with van der Waals surface area (Å²) >= 11 is 0. The maximum absolute atomic E-state index is 12.4. The van der Waals surface area contributed by atoms with Crippen LogP contribution in [0, 0.1) is 0 Å². The highest BCUT2D eigenvalue weighted by Crippen LogP contribution is 2.25. The molecule has 1 amide bonds. The number of methoxy groups -OCH3 is 1. The predicted molar refractivity (Wildman–Crippen MR) is 93.7 cm³/mol. The molecule has 0 aliphatic heterocycles. The molecule has 5 nitrogen and oxygen atoms in total. The zero-order chi connectivity index (χ0) is 16.9. The van der Waals surface area contributed by atoms with Crippen molar-refractivity contribution in [3.63, 3.8) is 0 Å². The van der Waals surface area contributed by atoms with E-state index in [1.807, 2.05) is 66.3 Å². The first-order chi connectivity index (χ1) is 11.7. The minimum atomic E-state index is -0.101. The number of benzene rings is 2. The first-order valence-electron chi connectivity index (χ1n) is 7.79. The summed E-state index contributed by atoms with van der Waals surface area (Å²) in [4.78, 5) is 12.4. The third-order valence-electron chi connectivity index (χ3n) is 3.89. The van der Waals surface area contributed by atoms with Crippen molar-refractivity contribution >= 4 is 16.8 Å². The summed E-state index contributed by atoms with van der Waals surface area (Å²) in [6.45, 7) is 0.789. The number of ether oxygens (including phenoxy) is 2. The Morgan fingerprint density at radius 1 is 1.08 bits per heavy atom. The van der Waals surface area contributed by atoms with Gasteiger partial charge in [0, 0.05) is 29.7 Å². The molecule has 0 atom stereocenters. The van der Waals surface area contributed by atoms with Gasteiger partial charge in [-0.1, -0.05) is 18.2 Å². The van der Waals surface area contributed by atoms with E-state index in [1.165, 1.54) is 0 Å². The lowest BCUT2D eigenvalue weighted by Crippen LogP contribution is -2.28. The molecule has 1 heterocycles. The zero-order valence-corrected chi connectivity index (χ0v) is 13.8. The Morgan fingerprint density at radius 2 is 1.88 bits per heavy atom. The third kappa shape index (κ3) is 3.20. The molecule has 0 radical (unpaired) electrons. The van der Waals surface area contributed by atoms with Gasteiger partial charge in [0.2, 0.25) is 0 Å². The Balaban J connectivity index is 1.59. The maximum Gasteiger partial charge on any atom is 0.252 e. The molecule has 0 bridgehead atoms. The molecule has 0 aliphatic carbocycles. The molecule has 0 fully saturated rings. The van der Waals surface area contributed by atoms with Gasteiger partial charge in [0.1, 0.15) is 6.61 Å². The van der Waals surface area contributed by atoms with Gasteiger partial charge in [-0.25, -0.2) is 0 Å². The van der Waals surface area contributed by atoms with E-state index in [0.717, 1.165) is 10.9 Å². The first kappa shape index (κ1) is 15.9. The van der Waals surface area contributed by atoms with Crippen molar-refractivity contribution in [2.75, 3.05) is 20.3 Å². The molecule has 3 rings (SSSR count). The number of carbonyl (C=O) groups excluding carboxylic acids is 1. The van der Waals surface area contributed by atoms with Gasteiger partial charge in [0.05, 0.1) is 13.7 Å². The second kappa shape index (κ2) is 7.08. The average Bonchev–Trinajstić information content (AvgIpc) is 3.00. The Hall–Kier alpha value is -2.95. The molecule has 0 unspecified atom stereocenters. The van der Waals surface area contributed by atoms with Crippen LogP contribution in [-0.2, 0) is 7.05 Å². The van der Waals surface area contributed by atoms with Crippen molar-refractivity contribution in [1.29, 1.82) is 0 Å². The highest BCUT2D eigenvalue weighted by atomic mass is 16.5. The van der Waals surface area contributed by atoms with E-state index >= 15 is 0 Å². The number of hydrogen-bond acceptors (Lipinski definition) is 3. The molecule has 24 heavy (non-hydrogen) atoms. The number of carbonyl (C=O) groups is 1. The maximum atomic E-state index is 12.4. The molecule has 1 aromatic heterocycles. The number of amides is 1. The molecular formula is C19H20N2O3. The van der Waals surface area contributed by atoms with E-state index in [1.54, 1.807) is 7.11 Å². The van der Waals surface area contributed by atoms with Crippen molar-refractivity contribution in [1.82, 2.24) is 9.88 Å². The van der Waals surface area contributed by atoms with Crippen LogP contribution in [0.1, 0.15) is 10.4 Å². The smallest absolute Gasteiger partial charge is 0.252 e. The quantitative estimate of drug-likeness (QED) is 0.709. The standard InChI is InChI=1S/C19H20N2O3/c1-21-12-10-14-15(6-5-7-16(14)21)19(22)20-11-13-24-18-9-4-3-8-17(18)23-2/h3-10,12H,11,13H2,1-2H3,(H,20,22). The lowest BCUT2D eigenvalue weighted by atomic mass is 10.1. The molecule has 124 valence electrons. The van der Waals surface area contributed by atoms with Crippen molar-refractivity contribution < 1.29 is 14.3 Å². The Kier molecular flexibility index (Phi) is 4.70. The van der Waals surface area contributed by atoms with Crippen LogP contribution in [0.5, 0.6) is 11.5 Å². The van der Waals surface area contributed by atoms with Gasteiger partial charge in [-0.15, -0.1) is 0 Å². The molecule has 0 aliphatic rings. The van der Waals surface area contributed by atoms with Crippen LogP contribution in [0.3, 0.4) is 0 Å². The van der Waals surface area contributed by atoms with E-state index in [-0.39, 0.29) is 5.91 Å². The summed E-state index contributed by atoms with van der Waals surface area (Å²) in [6, 6.07) is 15.1. The number of nitrogens with one attached hydrogen (secondary N) is 1. The number of nitrogens with zero attached hydrogens (tertiary/aromatic N) is 1. The van der Waals surface area contributed by atoms with E-state index in [0.29, 0.717) is 30.2 Å². The minimum absolute atomic E-state index is 0.101. The van der Waals surface area contributed by atoms with Crippen LogP contribution in [0.4, 0.5) is 0 Å². The van der Waals surface area contributed by atoms with Gasteiger partial charge in [-0.3, -0.25) is 4.79 Å². The molecule has 0 saturated heterocycles. The van der Waals surface area contributed by atoms with Gasteiger partial charge in [0.25, 0.3) is 5.91 Å². The van der Waals surface area contributed by atoms with Gasteiger partial charge < -0.3 is 19.4 Å². The lowest BCUT2D eigenvalue weighted by molar-refractivity contribution is 0.0948. The predicted octanol–water partition coefficient (Wildman–Crippen LogP) is 3.00. The van der Waals surface area contributed by atoms with Crippen LogP contribution < -0.4 is 14.8 Å². The van der Waals surface area contributed by atoms with Crippen molar-refractivity contribution in [2.45, 2.75) is 0 Å². The van der Waals surface area contributed by atoms with Gasteiger partial charge in [0.15, 0.2) is 11.5 Å². The Labute approximate surface area is 140 Å². The summed E-state index contributed by atoms with van der Waals surface area (Å²) < 4.78 is 12.9. The van der Waals surface area contributed by atoms with Crippen LogP contribution in [-0.4, -0.2) is 30.7 Å². The summed E-state index contributed by atoms with van der Waals surface area (Å²) in [7, 11) is 3.57. The molecule has 1 N–H and O–H groups in total. The largest absolute Gasteiger partial charge is 0.493 e. The van der Waals surface area contributed by atoms with Crippen molar-refractivity contribution in [2.24, 2.45) is 7.05 Å². The second-order valence-corrected chi connectivity index (χ2v) is 5.42. The summed E-state index contributed by atoms with van der Waals surface area (Å²) in [6.07, 6.45) is 1.95. The van der Waals surface area contributed by atoms with E-state index in [2.05, 4.69) is 5.32 Å². The van der Waals surface area contributed by atoms with Crippen LogP contribution in [0.25, 0.3) is 10.9 Å². The molecule has 2 aromatic carbocycles. The summed E-state index contributed by atoms with van der Waals surface area (Å²) in [5.74, 6) is 1.24. The zero-order valence-electron chi connectivity index (χ0n) is 13.8. The monoisotopic (exact) mass is 324 g/mol. The first-order valence-corrected chi connectivity index (χ1v) is 7.79. The molecule has 3 aromatic rings. The molecule has 0 saturated carbocycles. The van der Waals surface area contributed by atoms with Gasteiger partial charge in [-0.05, 0) is 30.3 Å². The number of para-hydroxylation sites is 2. The Bertz CT molecular complexity index is 855. The van der Waals surface area contributed by atoms with Crippen LogP contribution in [0.15, 0.2) is 54.7 Å². The van der Waals surface area contributed by atoms with Crippen molar-refractivity contribution in [3.05, 3.63) is 60.3 Å². The topological polar surface area (TPSA) is 52.5 Å². The second-order valence-electron chi connectivity index (χ2n) is 5.42. The minimum Gasteiger partial charge on any atom is -0.493 e. The number of rotatable bonds is 6. The van der Waals surface area contributed by atoms with E-state index in [4.69, 9.17) is 9.47 Å². The summed E-state index contributed by atoms with van der Waals surface area (Å²) in [5.41, 5.74) is 1.71. The summed E-state index contributed by atoms with van der Waals surface area (Å²) in [5, 5.41) is 3.84. The number of fused-ring (bicyclic) bond motifs is 1. The van der Waals surface area contributed by atoms with Gasteiger partial charge in [-0.2, -0.15) is 0 Å². The average molecular weight is 324 g/mol. The molecule has 0 spiro atoms. The normalized spacial score (nSPS) is 10.6. The fourth-order valence-corrected chi connectivity index (χ4v) is 2.66. The highest BCUT2D eigenvalue weighted by molar-refractivity contribution is 6.06. The van der Waals surface area contributed by atoms with Crippen LogP contribution in [0.2, 0.25) is 0 Å². The van der Waals surface area contributed by atoms with Crippen LogP contribution >= 0.6 is 0 Å². The lowest BCUT2D eigenvalue weighted by Gasteiger charge is -2.11. The molecule has 5 heteroatoms. The highest BCUT2D eigenvalue weighted by Gasteiger charge is 2.11. The van der Waals surface area contributed by atoms with E-state index in [9.17, 15) is 4.79 Å². The SMILES string of the molecule is COc1ccccc1OCCNC(=O)c1cccc2c1ccn2C. The third-order valence-corrected chi connectivity index (χ3v) is 3.89. The number of hydrogen-bond donors (Lipinski definition) is 1. The van der Waals surface area contributed by atoms with Gasteiger partial charge >= 0.3 is 0 Å². The van der Waals surface area contributed by atoms with E-state index < -0.39 is 0 Å². The number of aryl methyl sites for hydroxylation is 1.